The smallest absolute Gasteiger partial charge is 0.210 e. The monoisotopic (exact) mass is 233 g/mol. The Kier molecular flexibility index (Phi) is 3.65. The molecule has 0 aromatic heterocycles. The highest BCUT2D eigenvalue weighted by Crippen LogP contribution is 2.21. The Morgan fingerprint density at radius 2 is 1.87 bits per heavy atom. The van der Waals surface area contributed by atoms with Gasteiger partial charge in [-0.1, -0.05) is 0 Å². The molecule has 0 aliphatic rings. The Hall–Kier alpha value is -1.14. The van der Waals surface area contributed by atoms with Crippen molar-refractivity contribution >= 4 is 9.84 Å². The van der Waals surface area contributed by atoms with Gasteiger partial charge in [0, 0.05) is 6.42 Å². The molecule has 0 heterocycles. The van der Waals surface area contributed by atoms with Gasteiger partial charge in [0.1, 0.15) is 5.75 Å². The van der Waals surface area contributed by atoms with E-state index in [0.717, 1.165) is 12.1 Å². The zero-order valence-corrected chi connectivity index (χ0v) is 8.74. The second-order valence-corrected chi connectivity index (χ2v) is 5.10. The maximum atomic E-state index is 13.2. The zero-order valence-electron chi connectivity index (χ0n) is 7.93. The number of aromatic hydroxyl groups is 1. The number of phenols is 1. The maximum Gasteiger partial charge on any atom is 0.210 e. The van der Waals surface area contributed by atoms with Crippen LogP contribution in [0.4, 0.5) is 4.39 Å². The van der Waals surface area contributed by atoms with Crippen LogP contribution in [0.2, 0.25) is 0 Å². The largest absolute Gasteiger partial charge is 0.508 e. The summed E-state index contributed by atoms with van der Waals surface area (Å²) in [7, 11) is -3.98. The SMILES string of the molecule is NCCC(F)S(=O)(=O)c1ccc(O)cc1. The van der Waals surface area contributed by atoms with Gasteiger partial charge in [-0.05, 0) is 30.8 Å². The average Bonchev–Trinajstić information content (AvgIpc) is 2.18. The summed E-state index contributed by atoms with van der Waals surface area (Å²) in [6.45, 7) is -0.0293. The van der Waals surface area contributed by atoms with Gasteiger partial charge >= 0.3 is 0 Å². The van der Waals surface area contributed by atoms with Gasteiger partial charge in [-0.25, -0.2) is 12.8 Å². The first kappa shape index (κ1) is 11.9. The third-order valence-electron chi connectivity index (χ3n) is 1.90. The fraction of sp³-hybridized carbons (Fsp3) is 0.333. The Bertz CT molecular complexity index is 415. The van der Waals surface area contributed by atoms with Gasteiger partial charge in [-0.3, -0.25) is 0 Å². The minimum absolute atomic E-state index is 0.0293. The number of rotatable bonds is 4. The molecule has 0 aliphatic heterocycles. The van der Waals surface area contributed by atoms with Crippen molar-refractivity contribution in [2.45, 2.75) is 16.8 Å². The molecular weight excluding hydrogens is 221 g/mol. The summed E-state index contributed by atoms with van der Waals surface area (Å²) in [6, 6.07) is 4.71. The molecule has 1 aromatic carbocycles. The number of alkyl halides is 1. The van der Waals surface area contributed by atoms with E-state index in [1.54, 1.807) is 0 Å². The Labute approximate surface area is 87.5 Å². The van der Waals surface area contributed by atoms with Crippen LogP contribution in [0, 0.1) is 0 Å². The molecule has 1 rings (SSSR count). The minimum atomic E-state index is -3.98. The molecule has 0 spiro atoms. The average molecular weight is 233 g/mol. The van der Waals surface area contributed by atoms with E-state index in [9.17, 15) is 12.8 Å². The third kappa shape index (κ3) is 2.66. The summed E-state index contributed by atoms with van der Waals surface area (Å²) in [5, 5.41) is 8.96. The predicted octanol–water partition coefficient (Wildman–Crippen LogP) is 0.810. The number of nitrogens with two attached hydrogens (primary N) is 1. The van der Waals surface area contributed by atoms with E-state index in [2.05, 4.69) is 0 Å². The van der Waals surface area contributed by atoms with E-state index < -0.39 is 15.3 Å². The molecular formula is C9H12FNO3S. The molecule has 0 amide bonds. The molecule has 0 saturated carbocycles. The summed E-state index contributed by atoms with van der Waals surface area (Å²) in [4.78, 5) is -0.152. The lowest BCUT2D eigenvalue weighted by atomic mass is 10.3. The molecule has 6 heteroatoms. The van der Waals surface area contributed by atoms with E-state index >= 15 is 0 Å². The summed E-state index contributed by atoms with van der Waals surface area (Å²) in [5.74, 6) is -0.0665. The maximum absolute atomic E-state index is 13.2. The highest BCUT2D eigenvalue weighted by molar-refractivity contribution is 7.91. The zero-order chi connectivity index (χ0) is 11.5. The lowest BCUT2D eigenvalue weighted by molar-refractivity contribution is 0.402. The van der Waals surface area contributed by atoms with Gasteiger partial charge in [0.15, 0.2) is 0 Å². The third-order valence-corrected chi connectivity index (χ3v) is 3.73. The highest BCUT2D eigenvalue weighted by atomic mass is 32.2. The van der Waals surface area contributed by atoms with E-state index in [4.69, 9.17) is 10.8 Å². The van der Waals surface area contributed by atoms with E-state index in [0.29, 0.717) is 0 Å². The number of halogens is 1. The number of phenolic OH excluding ortho intramolecular Hbond substituents is 1. The van der Waals surface area contributed by atoms with Crippen molar-refractivity contribution in [3.05, 3.63) is 24.3 Å². The molecule has 0 aliphatic carbocycles. The molecule has 1 atom stereocenters. The topological polar surface area (TPSA) is 80.4 Å². The fourth-order valence-electron chi connectivity index (χ4n) is 1.07. The molecule has 0 radical (unpaired) electrons. The van der Waals surface area contributed by atoms with Crippen molar-refractivity contribution < 1.29 is 17.9 Å². The number of benzene rings is 1. The van der Waals surface area contributed by atoms with Crippen LogP contribution >= 0.6 is 0 Å². The predicted molar refractivity (Wildman–Crippen MR) is 53.9 cm³/mol. The summed E-state index contributed by atoms with van der Waals surface area (Å²) in [6.07, 6.45) is -0.233. The lowest BCUT2D eigenvalue weighted by Gasteiger charge is -2.08. The van der Waals surface area contributed by atoms with Crippen molar-refractivity contribution in [2.75, 3.05) is 6.54 Å². The van der Waals surface area contributed by atoms with Gasteiger partial charge in [0.25, 0.3) is 0 Å². The standard InChI is InChI=1S/C9H12FNO3S/c10-9(5-6-11)15(13,14)8-3-1-7(12)2-4-8/h1-4,9,12H,5-6,11H2. The van der Waals surface area contributed by atoms with Crippen molar-refractivity contribution in [3.8, 4) is 5.75 Å². The molecule has 0 saturated heterocycles. The van der Waals surface area contributed by atoms with Crippen LogP contribution in [-0.2, 0) is 9.84 Å². The van der Waals surface area contributed by atoms with Gasteiger partial charge in [-0.2, -0.15) is 0 Å². The van der Waals surface area contributed by atoms with E-state index in [1.807, 2.05) is 0 Å². The van der Waals surface area contributed by atoms with Gasteiger partial charge in [0.05, 0.1) is 4.90 Å². The lowest BCUT2D eigenvalue weighted by Crippen LogP contribution is -2.20. The van der Waals surface area contributed by atoms with Crippen molar-refractivity contribution in [3.63, 3.8) is 0 Å². The van der Waals surface area contributed by atoms with Gasteiger partial charge in [0.2, 0.25) is 15.3 Å². The molecule has 0 bridgehead atoms. The molecule has 1 aromatic rings. The number of sulfone groups is 1. The normalized spacial score (nSPS) is 13.7. The second-order valence-electron chi connectivity index (χ2n) is 3.03. The van der Waals surface area contributed by atoms with Crippen LogP contribution in [0.1, 0.15) is 6.42 Å². The molecule has 4 nitrogen and oxygen atoms in total. The quantitative estimate of drug-likeness (QED) is 0.806. The van der Waals surface area contributed by atoms with Crippen molar-refractivity contribution in [1.82, 2.24) is 0 Å². The molecule has 3 N–H and O–H groups in total. The fourth-order valence-corrected chi connectivity index (χ4v) is 2.33. The Balaban J connectivity index is 3.01. The first-order valence-corrected chi connectivity index (χ1v) is 5.90. The first-order valence-electron chi connectivity index (χ1n) is 4.35. The molecule has 1 unspecified atom stereocenters. The summed E-state index contributed by atoms with van der Waals surface area (Å²) < 4.78 is 36.3. The number of hydrogen-bond acceptors (Lipinski definition) is 4. The van der Waals surface area contributed by atoms with Crippen LogP contribution < -0.4 is 5.73 Å². The minimum Gasteiger partial charge on any atom is -0.508 e. The molecule has 15 heavy (non-hydrogen) atoms. The van der Waals surface area contributed by atoms with Crippen LogP contribution in [0.5, 0.6) is 5.75 Å². The highest BCUT2D eigenvalue weighted by Gasteiger charge is 2.26. The van der Waals surface area contributed by atoms with Crippen LogP contribution in [-0.4, -0.2) is 25.6 Å². The Morgan fingerprint density at radius 1 is 1.33 bits per heavy atom. The summed E-state index contributed by atoms with van der Waals surface area (Å²) in [5.41, 5.74) is 3.09. The number of hydrogen-bond donors (Lipinski definition) is 2. The molecule has 84 valence electrons. The van der Waals surface area contributed by atoms with Crippen LogP contribution in [0.25, 0.3) is 0 Å². The summed E-state index contributed by atoms with van der Waals surface area (Å²) >= 11 is 0. The van der Waals surface area contributed by atoms with Crippen LogP contribution in [0.15, 0.2) is 29.2 Å². The van der Waals surface area contributed by atoms with Crippen LogP contribution in [0.3, 0.4) is 0 Å². The van der Waals surface area contributed by atoms with E-state index in [1.165, 1.54) is 12.1 Å². The molecule has 0 fully saturated rings. The first-order chi connectivity index (χ1) is 6.98. The Morgan fingerprint density at radius 3 is 2.33 bits per heavy atom. The van der Waals surface area contributed by atoms with Gasteiger partial charge < -0.3 is 10.8 Å². The van der Waals surface area contributed by atoms with E-state index in [-0.39, 0.29) is 23.6 Å². The van der Waals surface area contributed by atoms with Gasteiger partial charge in [-0.15, -0.1) is 0 Å². The van der Waals surface area contributed by atoms with Crippen molar-refractivity contribution in [2.24, 2.45) is 5.73 Å². The van der Waals surface area contributed by atoms with Crippen molar-refractivity contribution in [1.29, 1.82) is 0 Å². The second kappa shape index (κ2) is 4.59.